The first-order valence-electron chi connectivity index (χ1n) is 6.37. The van der Waals surface area contributed by atoms with Crippen molar-refractivity contribution in [3.05, 3.63) is 36.9 Å². The Bertz CT molecular complexity index is 606. The summed E-state index contributed by atoms with van der Waals surface area (Å²) in [7, 11) is 0. The summed E-state index contributed by atoms with van der Waals surface area (Å²) < 4.78 is 3.18. The molecule has 0 unspecified atom stereocenters. The predicted molar refractivity (Wildman–Crippen MR) is 72.9 cm³/mol. The van der Waals surface area contributed by atoms with Crippen LogP contribution in [0.4, 0.5) is 5.95 Å². The fourth-order valence-corrected chi connectivity index (χ4v) is 1.65. The number of nitrogens with zero attached hydrogens (tertiary/aromatic N) is 7. The lowest BCUT2D eigenvalue weighted by Crippen LogP contribution is -2.13. The topological polar surface area (TPSA) is 86.3 Å². The molecule has 0 atom stereocenters. The van der Waals surface area contributed by atoms with Gasteiger partial charge in [-0.2, -0.15) is 25.1 Å². The first kappa shape index (κ1) is 12.3. The number of nitrogens with one attached hydrogen (secondary N) is 1. The smallest absolute Gasteiger partial charge is 0.257 e. The molecule has 3 aromatic heterocycles. The molecule has 1 N–H and O–H groups in total. The average Bonchev–Trinajstić information content (AvgIpc) is 3.17. The Balaban J connectivity index is 2.03. The Morgan fingerprint density at radius 1 is 0.950 bits per heavy atom. The molecule has 0 amide bonds. The highest BCUT2D eigenvalue weighted by Crippen LogP contribution is 2.08. The van der Waals surface area contributed by atoms with Crippen molar-refractivity contribution in [1.29, 1.82) is 0 Å². The summed E-state index contributed by atoms with van der Waals surface area (Å²) >= 11 is 0. The minimum Gasteiger partial charge on any atom is -0.354 e. The van der Waals surface area contributed by atoms with E-state index in [0.29, 0.717) is 17.8 Å². The van der Waals surface area contributed by atoms with Crippen LogP contribution in [0, 0.1) is 0 Å². The van der Waals surface area contributed by atoms with E-state index in [9.17, 15) is 0 Å². The monoisotopic (exact) mass is 270 g/mol. The molecular weight excluding hydrogens is 256 g/mol. The van der Waals surface area contributed by atoms with Crippen molar-refractivity contribution in [2.45, 2.75) is 13.3 Å². The Kier molecular flexibility index (Phi) is 3.36. The van der Waals surface area contributed by atoms with Crippen LogP contribution in [0.3, 0.4) is 0 Å². The van der Waals surface area contributed by atoms with Gasteiger partial charge in [-0.15, -0.1) is 0 Å². The number of hydrogen-bond donors (Lipinski definition) is 1. The van der Waals surface area contributed by atoms with Crippen LogP contribution in [0.25, 0.3) is 11.9 Å². The summed E-state index contributed by atoms with van der Waals surface area (Å²) in [6, 6.07) is 3.63. The maximum atomic E-state index is 4.37. The summed E-state index contributed by atoms with van der Waals surface area (Å²) in [6.07, 6.45) is 7.91. The zero-order valence-electron chi connectivity index (χ0n) is 11.0. The zero-order chi connectivity index (χ0) is 13.8. The van der Waals surface area contributed by atoms with Gasteiger partial charge in [0.05, 0.1) is 0 Å². The second-order valence-electron chi connectivity index (χ2n) is 4.09. The van der Waals surface area contributed by atoms with Gasteiger partial charge in [-0.05, 0) is 18.6 Å². The minimum absolute atomic E-state index is 0.453. The number of anilines is 1. The van der Waals surface area contributed by atoms with E-state index >= 15 is 0 Å². The summed E-state index contributed by atoms with van der Waals surface area (Å²) in [5, 5.41) is 11.4. The van der Waals surface area contributed by atoms with E-state index in [1.54, 1.807) is 34.2 Å². The Hall–Kier alpha value is -2.77. The van der Waals surface area contributed by atoms with E-state index in [-0.39, 0.29) is 0 Å². The molecule has 0 radical (unpaired) electrons. The number of rotatable bonds is 5. The Morgan fingerprint density at radius 3 is 2.00 bits per heavy atom. The third kappa shape index (κ3) is 2.48. The summed E-state index contributed by atoms with van der Waals surface area (Å²) in [5.41, 5.74) is 0. The quantitative estimate of drug-likeness (QED) is 0.746. The molecule has 0 fully saturated rings. The standard InChI is InChI=1S/C12H14N8/c1-2-5-13-10-16-11(19-8-3-6-14-19)18-12(17-10)20-9-4-7-15-20/h3-4,6-9H,2,5H2,1H3,(H,13,16,17,18). The third-order valence-electron chi connectivity index (χ3n) is 2.56. The molecule has 0 bridgehead atoms. The highest BCUT2D eigenvalue weighted by molar-refractivity contribution is 5.32. The second kappa shape index (κ2) is 5.47. The van der Waals surface area contributed by atoms with Crippen LogP contribution in [0.1, 0.15) is 13.3 Å². The van der Waals surface area contributed by atoms with Crippen LogP contribution in [-0.4, -0.2) is 41.1 Å². The molecule has 0 aliphatic carbocycles. The molecule has 3 rings (SSSR count). The molecular formula is C12H14N8. The van der Waals surface area contributed by atoms with Gasteiger partial charge >= 0.3 is 0 Å². The van der Waals surface area contributed by atoms with Crippen molar-refractivity contribution in [1.82, 2.24) is 34.5 Å². The summed E-state index contributed by atoms with van der Waals surface area (Å²) in [4.78, 5) is 13.1. The molecule has 0 saturated heterocycles. The lowest BCUT2D eigenvalue weighted by Gasteiger charge is -2.08. The maximum absolute atomic E-state index is 4.37. The van der Waals surface area contributed by atoms with Gasteiger partial charge in [-0.25, -0.2) is 9.36 Å². The van der Waals surface area contributed by atoms with Crippen LogP contribution < -0.4 is 5.32 Å². The molecule has 0 saturated carbocycles. The molecule has 8 heteroatoms. The van der Waals surface area contributed by atoms with Crippen LogP contribution >= 0.6 is 0 Å². The first-order valence-corrected chi connectivity index (χ1v) is 6.37. The molecule has 8 nitrogen and oxygen atoms in total. The average molecular weight is 270 g/mol. The normalized spacial score (nSPS) is 10.7. The van der Waals surface area contributed by atoms with Crippen LogP contribution in [0.2, 0.25) is 0 Å². The fraction of sp³-hybridized carbons (Fsp3) is 0.250. The van der Waals surface area contributed by atoms with Gasteiger partial charge in [-0.1, -0.05) is 6.92 Å². The van der Waals surface area contributed by atoms with Crippen LogP contribution in [0.5, 0.6) is 0 Å². The van der Waals surface area contributed by atoms with Gasteiger partial charge in [0.25, 0.3) is 11.9 Å². The molecule has 0 aliphatic rings. The SMILES string of the molecule is CCCNc1nc(-n2cccn2)nc(-n2cccn2)n1. The Labute approximate surface area is 115 Å². The molecule has 0 aliphatic heterocycles. The molecule has 20 heavy (non-hydrogen) atoms. The van der Waals surface area contributed by atoms with E-state index in [2.05, 4.69) is 37.4 Å². The predicted octanol–water partition coefficient (Wildman–Crippen LogP) is 1.06. The Morgan fingerprint density at radius 2 is 1.55 bits per heavy atom. The van der Waals surface area contributed by atoms with E-state index < -0.39 is 0 Å². The third-order valence-corrected chi connectivity index (χ3v) is 2.56. The summed E-state index contributed by atoms with van der Waals surface area (Å²) in [6.45, 7) is 2.87. The largest absolute Gasteiger partial charge is 0.354 e. The zero-order valence-corrected chi connectivity index (χ0v) is 11.0. The molecule has 3 aromatic rings. The number of aromatic nitrogens is 7. The molecule has 0 spiro atoms. The van der Waals surface area contributed by atoms with Crippen molar-refractivity contribution in [3.63, 3.8) is 0 Å². The summed E-state index contributed by atoms with van der Waals surface area (Å²) in [5.74, 6) is 1.42. The molecule has 102 valence electrons. The van der Waals surface area contributed by atoms with Gasteiger partial charge in [-0.3, -0.25) is 0 Å². The molecule has 3 heterocycles. The van der Waals surface area contributed by atoms with Crippen LogP contribution in [0.15, 0.2) is 36.9 Å². The van der Waals surface area contributed by atoms with E-state index in [1.807, 2.05) is 12.1 Å². The highest BCUT2D eigenvalue weighted by atomic mass is 15.4. The lowest BCUT2D eigenvalue weighted by molar-refractivity contribution is 0.744. The van der Waals surface area contributed by atoms with E-state index in [4.69, 9.17) is 0 Å². The van der Waals surface area contributed by atoms with Crippen molar-refractivity contribution in [3.8, 4) is 11.9 Å². The van der Waals surface area contributed by atoms with Crippen LogP contribution in [-0.2, 0) is 0 Å². The fourth-order valence-electron chi connectivity index (χ4n) is 1.65. The maximum Gasteiger partial charge on any atom is 0.257 e. The minimum atomic E-state index is 0.453. The van der Waals surface area contributed by atoms with Crippen molar-refractivity contribution in [2.75, 3.05) is 11.9 Å². The van der Waals surface area contributed by atoms with Gasteiger partial charge < -0.3 is 5.32 Å². The van der Waals surface area contributed by atoms with E-state index in [1.165, 1.54) is 0 Å². The van der Waals surface area contributed by atoms with Gasteiger partial charge in [0, 0.05) is 31.3 Å². The van der Waals surface area contributed by atoms with E-state index in [0.717, 1.165) is 13.0 Å². The lowest BCUT2D eigenvalue weighted by atomic mass is 10.5. The number of hydrogen-bond acceptors (Lipinski definition) is 6. The highest BCUT2D eigenvalue weighted by Gasteiger charge is 2.09. The van der Waals surface area contributed by atoms with Gasteiger partial charge in [0.1, 0.15) is 0 Å². The second-order valence-corrected chi connectivity index (χ2v) is 4.09. The van der Waals surface area contributed by atoms with Crippen molar-refractivity contribution >= 4 is 5.95 Å². The van der Waals surface area contributed by atoms with Gasteiger partial charge in [0.15, 0.2) is 0 Å². The molecule has 0 aromatic carbocycles. The first-order chi connectivity index (χ1) is 9.86. The van der Waals surface area contributed by atoms with Gasteiger partial charge in [0.2, 0.25) is 5.95 Å². The van der Waals surface area contributed by atoms with Crippen molar-refractivity contribution in [2.24, 2.45) is 0 Å². The van der Waals surface area contributed by atoms with Crippen molar-refractivity contribution < 1.29 is 0 Å².